The molecule has 0 atom stereocenters. The minimum absolute atomic E-state index is 0.657. The summed E-state index contributed by atoms with van der Waals surface area (Å²) in [6.45, 7) is 2.25. The van der Waals surface area contributed by atoms with E-state index in [9.17, 15) is 4.79 Å². The van der Waals surface area contributed by atoms with Gasteiger partial charge in [0.25, 0.3) is 0 Å². The van der Waals surface area contributed by atoms with Crippen LogP contribution in [-0.2, 0) is 6.42 Å². The fourth-order valence-corrected chi connectivity index (χ4v) is 2.59. The van der Waals surface area contributed by atoms with E-state index >= 15 is 0 Å². The van der Waals surface area contributed by atoms with Crippen molar-refractivity contribution in [3.05, 3.63) is 29.3 Å². The summed E-state index contributed by atoms with van der Waals surface area (Å²) in [5.41, 5.74) is 1.81. The Bertz CT molecular complexity index is 385. The number of benzene rings is 1. The molecule has 20 heavy (non-hydrogen) atoms. The van der Waals surface area contributed by atoms with Crippen LogP contribution in [0.5, 0.6) is 5.75 Å². The van der Waals surface area contributed by atoms with Crippen LogP contribution >= 0.6 is 0 Å². The number of rotatable bonds is 11. The normalized spacial score (nSPS) is 10.5. The quantitative estimate of drug-likeness (QED) is 0.410. The molecule has 0 aliphatic carbocycles. The van der Waals surface area contributed by atoms with Crippen molar-refractivity contribution in [1.82, 2.24) is 0 Å². The molecule has 0 saturated carbocycles. The molecule has 0 saturated heterocycles. The van der Waals surface area contributed by atoms with Crippen LogP contribution in [0.25, 0.3) is 0 Å². The second-order valence-corrected chi connectivity index (χ2v) is 5.38. The average Bonchev–Trinajstić information content (AvgIpc) is 2.49. The second-order valence-electron chi connectivity index (χ2n) is 5.38. The molecule has 0 aliphatic heterocycles. The summed E-state index contributed by atoms with van der Waals surface area (Å²) in [5.74, 6) is 0.755. The number of hydrogen-bond acceptors (Lipinski definition) is 2. The third kappa shape index (κ3) is 5.77. The standard InChI is InChI=1S/C18H28O2/c1-3-4-5-6-7-8-9-10-12-16-13-11-14-17(15-19)18(16)20-2/h11,13-15H,3-10,12H2,1-2H3. The zero-order valence-electron chi connectivity index (χ0n) is 13.0. The van der Waals surface area contributed by atoms with Crippen molar-refractivity contribution in [3.63, 3.8) is 0 Å². The molecule has 0 radical (unpaired) electrons. The molecule has 2 heteroatoms. The van der Waals surface area contributed by atoms with E-state index < -0.39 is 0 Å². The lowest BCUT2D eigenvalue weighted by molar-refractivity contribution is 0.112. The number of ether oxygens (including phenoxy) is 1. The highest BCUT2D eigenvalue weighted by molar-refractivity contribution is 5.80. The van der Waals surface area contributed by atoms with E-state index in [0.29, 0.717) is 5.56 Å². The zero-order valence-corrected chi connectivity index (χ0v) is 13.0. The fraction of sp³-hybridized carbons (Fsp3) is 0.611. The van der Waals surface area contributed by atoms with Gasteiger partial charge in [-0.1, -0.05) is 64.0 Å². The first-order chi connectivity index (χ1) is 9.83. The first-order valence-corrected chi connectivity index (χ1v) is 7.94. The number of aldehydes is 1. The number of methoxy groups -OCH3 is 1. The van der Waals surface area contributed by atoms with Crippen LogP contribution in [0.2, 0.25) is 0 Å². The van der Waals surface area contributed by atoms with Gasteiger partial charge in [-0.2, -0.15) is 0 Å². The van der Waals surface area contributed by atoms with Gasteiger partial charge in [0.05, 0.1) is 12.7 Å². The van der Waals surface area contributed by atoms with Crippen molar-refractivity contribution in [2.75, 3.05) is 7.11 Å². The van der Waals surface area contributed by atoms with Gasteiger partial charge in [-0.3, -0.25) is 4.79 Å². The Morgan fingerprint density at radius 3 is 2.25 bits per heavy atom. The van der Waals surface area contributed by atoms with Crippen LogP contribution in [0.15, 0.2) is 18.2 Å². The van der Waals surface area contributed by atoms with Gasteiger partial charge in [0, 0.05) is 0 Å². The maximum atomic E-state index is 11.0. The maximum absolute atomic E-state index is 11.0. The molecule has 112 valence electrons. The second kappa shape index (κ2) is 10.5. The summed E-state index contributed by atoms with van der Waals surface area (Å²) in [7, 11) is 1.64. The van der Waals surface area contributed by atoms with E-state index in [0.717, 1.165) is 24.0 Å². The molecule has 0 heterocycles. The number of hydrogen-bond donors (Lipinski definition) is 0. The Kier molecular flexibility index (Phi) is 8.77. The lowest BCUT2D eigenvalue weighted by atomic mass is 10.0. The third-order valence-electron chi connectivity index (χ3n) is 3.76. The molecule has 0 unspecified atom stereocenters. The van der Waals surface area contributed by atoms with Crippen molar-refractivity contribution >= 4 is 6.29 Å². The van der Waals surface area contributed by atoms with Crippen LogP contribution < -0.4 is 4.74 Å². The largest absolute Gasteiger partial charge is 0.496 e. The maximum Gasteiger partial charge on any atom is 0.153 e. The lowest BCUT2D eigenvalue weighted by Crippen LogP contribution is -1.97. The van der Waals surface area contributed by atoms with Crippen LogP contribution in [0.4, 0.5) is 0 Å². The lowest BCUT2D eigenvalue weighted by Gasteiger charge is -2.10. The minimum Gasteiger partial charge on any atom is -0.496 e. The predicted octanol–water partition coefficient (Wildman–Crippen LogP) is 5.19. The summed E-state index contributed by atoms with van der Waals surface area (Å²) in [6.07, 6.45) is 12.4. The van der Waals surface area contributed by atoms with Gasteiger partial charge in [-0.15, -0.1) is 0 Å². The van der Waals surface area contributed by atoms with Gasteiger partial charge >= 0.3 is 0 Å². The van der Waals surface area contributed by atoms with E-state index in [4.69, 9.17) is 4.74 Å². The Balaban J connectivity index is 2.26. The van der Waals surface area contributed by atoms with Gasteiger partial charge in [0.15, 0.2) is 6.29 Å². The number of carbonyl (C=O) groups is 1. The van der Waals surface area contributed by atoms with E-state index in [-0.39, 0.29) is 0 Å². The molecule has 0 spiro atoms. The summed E-state index contributed by atoms with van der Waals surface area (Å²) < 4.78 is 5.36. The Labute approximate surface area is 123 Å². The smallest absolute Gasteiger partial charge is 0.153 e. The van der Waals surface area contributed by atoms with E-state index in [1.807, 2.05) is 12.1 Å². The van der Waals surface area contributed by atoms with Gasteiger partial charge in [0.2, 0.25) is 0 Å². The number of carbonyl (C=O) groups excluding carboxylic acids is 1. The van der Waals surface area contributed by atoms with Crippen LogP contribution in [0.1, 0.15) is 74.2 Å². The Morgan fingerprint density at radius 1 is 1.00 bits per heavy atom. The number of unbranched alkanes of at least 4 members (excludes halogenated alkanes) is 7. The number of aryl methyl sites for hydroxylation is 1. The van der Waals surface area contributed by atoms with E-state index in [2.05, 4.69) is 13.0 Å². The first-order valence-electron chi connectivity index (χ1n) is 7.94. The van der Waals surface area contributed by atoms with Crippen molar-refractivity contribution in [2.45, 2.75) is 64.7 Å². The zero-order chi connectivity index (χ0) is 14.6. The molecule has 0 fully saturated rings. The van der Waals surface area contributed by atoms with Crippen LogP contribution in [0.3, 0.4) is 0 Å². The van der Waals surface area contributed by atoms with E-state index in [1.54, 1.807) is 7.11 Å². The Hall–Kier alpha value is -1.31. The highest BCUT2D eigenvalue weighted by Gasteiger charge is 2.07. The Morgan fingerprint density at radius 2 is 1.65 bits per heavy atom. The molecular weight excluding hydrogens is 248 g/mol. The first kappa shape index (κ1) is 16.7. The molecule has 1 aromatic carbocycles. The molecule has 0 N–H and O–H groups in total. The van der Waals surface area contributed by atoms with Crippen molar-refractivity contribution < 1.29 is 9.53 Å². The highest BCUT2D eigenvalue weighted by atomic mass is 16.5. The molecule has 0 aliphatic rings. The van der Waals surface area contributed by atoms with Gasteiger partial charge < -0.3 is 4.74 Å². The van der Waals surface area contributed by atoms with Crippen molar-refractivity contribution in [1.29, 1.82) is 0 Å². The van der Waals surface area contributed by atoms with Gasteiger partial charge in [-0.05, 0) is 24.5 Å². The summed E-state index contributed by atoms with van der Waals surface area (Å²) in [5, 5.41) is 0. The fourth-order valence-electron chi connectivity index (χ4n) is 2.59. The summed E-state index contributed by atoms with van der Waals surface area (Å²) >= 11 is 0. The molecule has 0 aromatic heterocycles. The monoisotopic (exact) mass is 276 g/mol. The molecule has 2 nitrogen and oxygen atoms in total. The van der Waals surface area contributed by atoms with Gasteiger partial charge in [0.1, 0.15) is 5.75 Å². The molecule has 1 aromatic rings. The molecule has 1 rings (SSSR count). The van der Waals surface area contributed by atoms with Gasteiger partial charge in [-0.25, -0.2) is 0 Å². The topological polar surface area (TPSA) is 26.3 Å². The third-order valence-corrected chi connectivity index (χ3v) is 3.76. The summed E-state index contributed by atoms with van der Waals surface area (Å²) in [4.78, 5) is 11.0. The molecule has 0 bridgehead atoms. The molecule has 0 amide bonds. The minimum atomic E-state index is 0.657. The average molecular weight is 276 g/mol. The predicted molar refractivity (Wildman–Crippen MR) is 84.7 cm³/mol. The highest BCUT2D eigenvalue weighted by Crippen LogP contribution is 2.24. The van der Waals surface area contributed by atoms with Crippen LogP contribution in [-0.4, -0.2) is 13.4 Å². The number of para-hydroxylation sites is 1. The van der Waals surface area contributed by atoms with Crippen molar-refractivity contribution in [3.8, 4) is 5.75 Å². The molecular formula is C18H28O2. The SMILES string of the molecule is CCCCCCCCCCc1cccc(C=O)c1OC. The van der Waals surface area contributed by atoms with E-state index in [1.165, 1.54) is 51.4 Å². The van der Waals surface area contributed by atoms with Crippen molar-refractivity contribution in [2.24, 2.45) is 0 Å². The van der Waals surface area contributed by atoms with Crippen LogP contribution in [0, 0.1) is 0 Å². The summed E-state index contributed by atoms with van der Waals surface area (Å²) in [6, 6.07) is 5.81.